The van der Waals surface area contributed by atoms with Gasteiger partial charge in [-0.15, -0.1) is 0 Å². The Balaban J connectivity index is 2.91. The summed E-state index contributed by atoms with van der Waals surface area (Å²) < 4.78 is 38.5. The van der Waals surface area contributed by atoms with Crippen molar-refractivity contribution in [3.63, 3.8) is 0 Å². The predicted molar refractivity (Wildman–Crippen MR) is 86.5 cm³/mol. The molecule has 0 aliphatic heterocycles. The second-order valence-electron chi connectivity index (χ2n) is 6.54. The molecule has 1 aromatic carbocycles. The number of carbonyl (C=O) groups is 3. The summed E-state index contributed by atoms with van der Waals surface area (Å²) in [5.74, 6) is -2.64. The lowest BCUT2D eigenvalue weighted by Gasteiger charge is -2.32. The second kappa shape index (κ2) is 8.79. The quantitative estimate of drug-likeness (QED) is 0.431. The van der Waals surface area contributed by atoms with Gasteiger partial charge in [-0.05, 0) is 26.3 Å². The molecule has 26 heavy (non-hydrogen) atoms. The summed E-state index contributed by atoms with van der Waals surface area (Å²) in [6.45, 7) is 4.45. The molecule has 1 aromatic rings. The molecular weight excluding hydrogens is 353 g/mol. The molecule has 2 amide bonds. The van der Waals surface area contributed by atoms with E-state index in [4.69, 9.17) is 4.84 Å². The molecule has 0 bridgehead atoms. The number of alkyl halides is 3. The van der Waals surface area contributed by atoms with Gasteiger partial charge in [0.15, 0.2) is 0 Å². The second-order valence-corrected chi connectivity index (χ2v) is 6.54. The number of nitrogens with one attached hydrogen (secondary N) is 1. The minimum absolute atomic E-state index is 0.0363. The Morgan fingerprint density at radius 3 is 2.23 bits per heavy atom. The highest BCUT2D eigenvalue weighted by Crippen LogP contribution is 2.26. The van der Waals surface area contributed by atoms with Crippen LogP contribution in [0.15, 0.2) is 30.3 Å². The molecule has 1 rings (SSSR count). The fourth-order valence-electron chi connectivity index (χ4n) is 2.01. The van der Waals surface area contributed by atoms with Gasteiger partial charge < -0.3 is 5.32 Å². The first-order chi connectivity index (χ1) is 11.9. The highest BCUT2D eigenvalue weighted by molar-refractivity contribution is 6.38. The zero-order chi connectivity index (χ0) is 20.0. The van der Waals surface area contributed by atoms with Gasteiger partial charge in [0.1, 0.15) is 6.04 Å². The molecule has 9 heteroatoms. The van der Waals surface area contributed by atoms with E-state index < -0.39 is 35.9 Å². The summed E-state index contributed by atoms with van der Waals surface area (Å²) in [7, 11) is 0. The van der Waals surface area contributed by atoms with E-state index in [0.29, 0.717) is 5.56 Å². The maximum Gasteiger partial charge on any atom is 0.391 e. The van der Waals surface area contributed by atoms with Crippen molar-refractivity contribution in [3.05, 3.63) is 35.9 Å². The van der Waals surface area contributed by atoms with Crippen LogP contribution in [0.2, 0.25) is 0 Å². The molecule has 0 spiro atoms. The van der Waals surface area contributed by atoms with E-state index in [9.17, 15) is 27.6 Å². The molecule has 0 radical (unpaired) electrons. The number of rotatable bonds is 8. The first-order valence-electron chi connectivity index (χ1n) is 7.78. The molecule has 0 aromatic heterocycles. The highest BCUT2D eigenvalue weighted by atomic mass is 19.4. The summed E-state index contributed by atoms with van der Waals surface area (Å²) in [6.07, 6.45) is -6.51. The van der Waals surface area contributed by atoms with Gasteiger partial charge in [0.05, 0.1) is 12.0 Å². The number of nitrogens with zero attached hydrogens (tertiary/aromatic N) is 1. The zero-order valence-electron chi connectivity index (χ0n) is 14.7. The van der Waals surface area contributed by atoms with Gasteiger partial charge in [0, 0.05) is 6.54 Å². The molecule has 0 heterocycles. The van der Waals surface area contributed by atoms with Crippen molar-refractivity contribution in [3.8, 4) is 0 Å². The minimum Gasteiger partial charge on any atom is -0.345 e. The van der Waals surface area contributed by atoms with Gasteiger partial charge in [-0.2, -0.15) is 13.2 Å². The third-order valence-electron chi connectivity index (χ3n) is 3.04. The Bertz CT molecular complexity index is 627. The summed E-state index contributed by atoms with van der Waals surface area (Å²) in [5, 5.41) is 2.50. The number of ketones is 1. The van der Waals surface area contributed by atoms with E-state index in [-0.39, 0.29) is 18.0 Å². The van der Waals surface area contributed by atoms with Crippen LogP contribution in [-0.2, 0) is 25.8 Å². The number of halogens is 3. The van der Waals surface area contributed by atoms with E-state index >= 15 is 0 Å². The Morgan fingerprint density at radius 1 is 1.19 bits per heavy atom. The number of carbonyl (C=O) groups excluding carboxylic acids is 3. The summed E-state index contributed by atoms with van der Waals surface area (Å²) in [4.78, 5) is 40.5. The summed E-state index contributed by atoms with van der Waals surface area (Å²) >= 11 is 0. The lowest BCUT2D eigenvalue weighted by Crippen LogP contribution is -2.51. The third-order valence-corrected chi connectivity index (χ3v) is 3.04. The number of amides is 2. The largest absolute Gasteiger partial charge is 0.391 e. The van der Waals surface area contributed by atoms with Crippen molar-refractivity contribution >= 4 is 18.1 Å². The van der Waals surface area contributed by atoms with Gasteiger partial charge in [-0.25, -0.2) is 5.06 Å². The molecule has 0 aliphatic carbocycles. The standard InChI is InChI=1S/C17H21F3N2O4/c1-16(2,3)26-22(11-23)13(9-17(18,19)20)14(24)15(25)21-10-12-7-5-4-6-8-12/h4-8,11,13H,9-10H2,1-3H3,(H,21,25). The molecule has 6 nitrogen and oxygen atoms in total. The van der Waals surface area contributed by atoms with Gasteiger partial charge in [0.2, 0.25) is 12.2 Å². The first kappa shape index (κ1) is 21.6. The van der Waals surface area contributed by atoms with E-state index in [1.54, 1.807) is 30.3 Å². The molecule has 1 N–H and O–H groups in total. The number of benzene rings is 1. The van der Waals surface area contributed by atoms with Crippen molar-refractivity contribution in [2.45, 2.75) is 51.6 Å². The Labute approximate surface area is 149 Å². The minimum atomic E-state index is -4.78. The number of hydrogen-bond acceptors (Lipinski definition) is 4. The fourth-order valence-corrected chi connectivity index (χ4v) is 2.01. The lowest BCUT2D eigenvalue weighted by atomic mass is 10.1. The maximum atomic E-state index is 12.8. The van der Waals surface area contributed by atoms with Crippen molar-refractivity contribution in [2.24, 2.45) is 0 Å². The Hall–Kier alpha value is -2.42. The first-order valence-corrected chi connectivity index (χ1v) is 7.78. The van der Waals surface area contributed by atoms with Crippen LogP contribution in [0, 0.1) is 0 Å². The van der Waals surface area contributed by atoms with Crippen molar-refractivity contribution in [1.29, 1.82) is 0 Å². The van der Waals surface area contributed by atoms with Crippen molar-refractivity contribution in [2.75, 3.05) is 0 Å². The highest BCUT2D eigenvalue weighted by Gasteiger charge is 2.42. The van der Waals surface area contributed by atoms with Crippen LogP contribution in [0.1, 0.15) is 32.8 Å². The fraction of sp³-hybridized carbons (Fsp3) is 0.471. The van der Waals surface area contributed by atoms with Crippen LogP contribution in [0.3, 0.4) is 0 Å². The molecule has 0 fully saturated rings. The van der Waals surface area contributed by atoms with Crippen LogP contribution < -0.4 is 5.32 Å². The molecule has 0 saturated carbocycles. The van der Waals surface area contributed by atoms with Gasteiger partial charge in [0.25, 0.3) is 5.91 Å². The van der Waals surface area contributed by atoms with Crippen LogP contribution in [0.4, 0.5) is 13.2 Å². The Kier molecular flexibility index (Phi) is 7.31. The number of hydrogen-bond donors (Lipinski definition) is 1. The SMILES string of the molecule is CC(C)(C)ON(C=O)C(CC(F)(F)F)C(=O)C(=O)NCc1ccccc1. The maximum absolute atomic E-state index is 12.8. The van der Waals surface area contributed by atoms with Gasteiger partial charge in [-0.1, -0.05) is 30.3 Å². The molecule has 1 atom stereocenters. The molecule has 1 unspecified atom stereocenters. The van der Waals surface area contributed by atoms with E-state index in [0.717, 1.165) is 0 Å². The van der Waals surface area contributed by atoms with E-state index in [1.165, 1.54) is 20.8 Å². The Morgan fingerprint density at radius 2 is 1.77 bits per heavy atom. The normalized spacial score (nSPS) is 13.0. The molecule has 0 aliphatic rings. The van der Waals surface area contributed by atoms with E-state index in [2.05, 4.69) is 5.32 Å². The molecule has 144 valence electrons. The lowest BCUT2D eigenvalue weighted by molar-refractivity contribution is -0.244. The average molecular weight is 374 g/mol. The van der Waals surface area contributed by atoms with E-state index in [1.807, 2.05) is 0 Å². The van der Waals surface area contributed by atoms with Crippen LogP contribution in [0.25, 0.3) is 0 Å². The van der Waals surface area contributed by atoms with Crippen LogP contribution >= 0.6 is 0 Å². The molecular formula is C17H21F3N2O4. The van der Waals surface area contributed by atoms with Gasteiger partial charge >= 0.3 is 6.18 Å². The van der Waals surface area contributed by atoms with Crippen LogP contribution in [0.5, 0.6) is 0 Å². The molecule has 0 saturated heterocycles. The zero-order valence-corrected chi connectivity index (χ0v) is 14.7. The topological polar surface area (TPSA) is 75.7 Å². The van der Waals surface area contributed by atoms with Crippen molar-refractivity contribution < 1.29 is 32.4 Å². The van der Waals surface area contributed by atoms with Crippen LogP contribution in [-0.4, -0.2) is 41.0 Å². The number of hydroxylamine groups is 2. The average Bonchev–Trinajstić information content (AvgIpc) is 2.54. The van der Waals surface area contributed by atoms with Gasteiger partial charge in [-0.3, -0.25) is 19.2 Å². The smallest absolute Gasteiger partial charge is 0.345 e. The predicted octanol–water partition coefficient (Wildman–Crippen LogP) is 2.38. The van der Waals surface area contributed by atoms with Crippen molar-refractivity contribution in [1.82, 2.24) is 10.4 Å². The summed E-state index contributed by atoms with van der Waals surface area (Å²) in [6, 6.07) is 6.42. The summed E-state index contributed by atoms with van der Waals surface area (Å²) in [5.41, 5.74) is -0.370. The monoisotopic (exact) mass is 374 g/mol. The third kappa shape index (κ3) is 7.64. The number of Topliss-reactive ketones (excluding diaryl/α,β-unsaturated/α-hetero) is 1.